The number of hydrogen-bond donors (Lipinski definition) is 3. The lowest BCUT2D eigenvalue weighted by molar-refractivity contribution is 0.580. The van der Waals surface area contributed by atoms with Gasteiger partial charge >= 0.3 is 0 Å². The van der Waals surface area contributed by atoms with Crippen molar-refractivity contribution in [1.82, 2.24) is 9.44 Å². The first kappa shape index (κ1) is 20.7. The van der Waals surface area contributed by atoms with Crippen LogP contribution in [-0.4, -0.2) is 38.3 Å². The number of benzene rings is 2. The highest BCUT2D eigenvalue weighted by molar-refractivity contribution is 7.92. The first-order valence-electron chi connectivity index (χ1n) is 8.22. The molecule has 2 aromatic rings. The van der Waals surface area contributed by atoms with Crippen molar-refractivity contribution >= 4 is 35.8 Å². The van der Waals surface area contributed by atoms with Gasteiger partial charge in [0, 0.05) is 11.7 Å². The second-order valence-electron chi connectivity index (χ2n) is 6.20. The molecule has 0 spiro atoms. The molecular formula is C16H19N3O6S3. The highest BCUT2D eigenvalue weighted by Crippen LogP contribution is 2.23. The summed E-state index contributed by atoms with van der Waals surface area (Å²) in [5, 5.41) is 0. The van der Waals surface area contributed by atoms with Crippen molar-refractivity contribution in [3.05, 3.63) is 48.5 Å². The van der Waals surface area contributed by atoms with Gasteiger partial charge in [-0.25, -0.2) is 34.7 Å². The zero-order valence-corrected chi connectivity index (χ0v) is 17.2. The molecule has 1 saturated carbocycles. The molecule has 28 heavy (non-hydrogen) atoms. The lowest BCUT2D eigenvalue weighted by Gasteiger charge is -2.10. The molecule has 0 amide bonds. The van der Waals surface area contributed by atoms with Gasteiger partial charge in [-0.1, -0.05) is 0 Å². The quantitative estimate of drug-likeness (QED) is 0.550. The van der Waals surface area contributed by atoms with Crippen molar-refractivity contribution in [3.63, 3.8) is 0 Å². The Morgan fingerprint density at radius 1 is 0.679 bits per heavy atom. The average Bonchev–Trinajstić information content (AvgIpc) is 3.45. The Morgan fingerprint density at radius 2 is 1.11 bits per heavy atom. The molecular weight excluding hydrogens is 426 g/mol. The van der Waals surface area contributed by atoms with Crippen LogP contribution in [0.1, 0.15) is 12.8 Å². The van der Waals surface area contributed by atoms with E-state index in [0.717, 1.165) is 12.8 Å². The summed E-state index contributed by atoms with van der Waals surface area (Å²) >= 11 is 0. The van der Waals surface area contributed by atoms with E-state index in [4.69, 9.17) is 0 Å². The van der Waals surface area contributed by atoms with Crippen LogP contribution in [0.3, 0.4) is 0 Å². The van der Waals surface area contributed by atoms with Crippen molar-refractivity contribution in [2.45, 2.75) is 33.6 Å². The van der Waals surface area contributed by atoms with E-state index >= 15 is 0 Å². The highest BCUT2D eigenvalue weighted by Gasteiger charge is 2.28. The minimum absolute atomic E-state index is 0.00401. The summed E-state index contributed by atoms with van der Waals surface area (Å²) in [6.07, 6.45) is 1.59. The van der Waals surface area contributed by atoms with Crippen LogP contribution in [0.4, 0.5) is 5.69 Å². The van der Waals surface area contributed by atoms with E-state index in [1.165, 1.54) is 55.6 Å². The zero-order chi connectivity index (χ0) is 20.6. The Kier molecular flexibility index (Phi) is 5.51. The van der Waals surface area contributed by atoms with E-state index < -0.39 is 30.1 Å². The van der Waals surface area contributed by atoms with Gasteiger partial charge in [0.05, 0.1) is 14.7 Å². The predicted molar refractivity (Wildman–Crippen MR) is 103 cm³/mol. The average molecular weight is 446 g/mol. The number of nitrogens with one attached hydrogen (secondary N) is 3. The van der Waals surface area contributed by atoms with Crippen molar-refractivity contribution in [2.24, 2.45) is 0 Å². The van der Waals surface area contributed by atoms with E-state index in [-0.39, 0.29) is 26.4 Å². The number of hydrogen-bond acceptors (Lipinski definition) is 6. The number of anilines is 1. The smallest absolute Gasteiger partial charge is 0.261 e. The summed E-state index contributed by atoms with van der Waals surface area (Å²) in [7, 11) is -9.99. The lowest BCUT2D eigenvalue weighted by Crippen LogP contribution is -2.25. The Morgan fingerprint density at radius 3 is 1.57 bits per heavy atom. The SMILES string of the molecule is CNS(=O)(=O)c1ccc(NS(=O)(=O)c2ccc(S(=O)(=O)NC3CC3)cc2)cc1. The van der Waals surface area contributed by atoms with E-state index in [2.05, 4.69) is 14.2 Å². The van der Waals surface area contributed by atoms with Crippen molar-refractivity contribution < 1.29 is 25.3 Å². The van der Waals surface area contributed by atoms with Crippen LogP contribution in [0.2, 0.25) is 0 Å². The fourth-order valence-corrected chi connectivity index (χ4v) is 5.41. The van der Waals surface area contributed by atoms with Gasteiger partial charge in [0.2, 0.25) is 20.0 Å². The van der Waals surface area contributed by atoms with Gasteiger partial charge < -0.3 is 0 Å². The summed E-state index contributed by atoms with van der Waals surface area (Å²) in [6.45, 7) is 0. The molecule has 0 aromatic heterocycles. The molecule has 3 rings (SSSR count). The summed E-state index contributed by atoms with van der Waals surface area (Å²) in [5.74, 6) is 0. The lowest BCUT2D eigenvalue weighted by atomic mass is 10.3. The maximum atomic E-state index is 12.5. The fourth-order valence-electron chi connectivity index (χ4n) is 2.32. The Bertz CT molecular complexity index is 1170. The van der Waals surface area contributed by atoms with Gasteiger partial charge in [-0.3, -0.25) is 4.72 Å². The second kappa shape index (κ2) is 7.44. The first-order valence-corrected chi connectivity index (χ1v) is 12.7. The zero-order valence-electron chi connectivity index (χ0n) is 14.8. The molecule has 12 heteroatoms. The molecule has 1 fully saturated rings. The molecule has 0 bridgehead atoms. The van der Waals surface area contributed by atoms with Crippen LogP contribution in [0, 0.1) is 0 Å². The standard InChI is InChI=1S/C16H19N3O6S3/c1-17-26(20,21)14-6-4-13(5-7-14)19-28(24,25)16-10-8-15(9-11-16)27(22,23)18-12-2-3-12/h4-12,17-19H,2-3H2,1H3. The summed E-state index contributed by atoms with van der Waals surface area (Å²) in [4.78, 5) is -0.138. The largest absolute Gasteiger partial charge is 0.280 e. The predicted octanol–water partition coefficient (Wildman–Crippen LogP) is 0.836. The van der Waals surface area contributed by atoms with E-state index in [9.17, 15) is 25.3 Å². The van der Waals surface area contributed by atoms with Crippen LogP contribution < -0.4 is 14.2 Å². The second-order valence-corrected chi connectivity index (χ2v) is 11.5. The van der Waals surface area contributed by atoms with Crippen LogP contribution in [-0.2, 0) is 30.1 Å². The first-order chi connectivity index (χ1) is 13.0. The highest BCUT2D eigenvalue weighted by atomic mass is 32.2. The minimum Gasteiger partial charge on any atom is -0.280 e. The van der Waals surface area contributed by atoms with Crippen LogP contribution >= 0.6 is 0 Å². The third-order valence-electron chi connectivity index (χ3n) is 4.03. The molecule has 1 aliphatic carbocycles. The van der Waals surface area contributed by atoms with Gasteiger partial charge in [-0.05, 0) is 68.4 Å². The number of sulfonamides is 3. The van der Waals surface area contributed by atoms with Crippen LogP contribution in [0.25, 0.3) is 0 Å². The molecule has 0 unspecified atom stereocenters. The molecule has 0 atom stereocenters. The van der Waals surface area contributed by atoms with Gasteiger partial charge in [-0.2, -0.15) is 0 Å². The van der Waals surface area contributed by atoms with Crippen molar-refractivity contribution in [1.29, 1.82) is 0 Å². The molecule has 2 aromatic carbocycles. The maximum Gasteiger partial charge on any atom is 0.261 e. The Labute approximate surface area is 164 Å². The molecule has 0 heterocycles. The van der Waals surface area contributed by atoms with E-state index in [1.807, 2.05) is 0 Å². The molecule has 0 radical (unpaired) electrons. The molecule has 9 nitrogen and oxygen atoms in total. The molecule has 152 valence electrons. The van der Waals surface area contributed by atoms with Gasteiger partial charge in [0.15, 0.2) is 0 Å². The third kappa shape index (κ3) is 4.70. The van der Waals surface area contributed by atoms with Crippen molar-refractivity contribution in [3.8, 4) is 0 Å². The summed E-state index contributed by atoms with van der Waals surface area (Å²) < 4.78 is 79.7. The fraction of sp³-hybridized carbons (Fsp3) is 0.250. The van der Waals surface area contributed by atoms with Crippen LogP contribution in [0.5, 0.6) is 0 Å². The Balaban J connectivity index is 1.77. The van der Waals surface area contributed by atoms with Gasteiger partial charge in [0.1, 0.15) is 0 Å². The monoisotopic (exact) mass is 445 g/mol. The van der Waals surface area contributed by atoms with E-state index in [0.29, 0.717) is 0 Å². The Hall–Kier alpha value is -1.99. The molecule has 0 saturated heterocycles. The summed E-state index contributed by atoms with van der Waals surface area (Å²) in [6, 6.07) is 9.97. The van der Waals surface area contributed by atoms with Crippen LogP contribution in [0.15, 0.2) is 63.2 Å². The van der Waals surface area contributed by atoms with Gasteiger partial charge in [0.25, 0.3) is 10.0 Å². The van der Waals surface area contributed by atoms with Gasteiger partial charge in [-0.15, -0.1) is 0 Å². The molecule has 0 aliphatic heterocycles. The normalized spacial score (nSPS) is 15.3. The summed E-state index contributed by atoms with van der Waals surface area (Å²) in [5.41, 5.74) is 0.169. The maximum absolute atomic E-state index is 12.5. The van der Waals surface area contributed by atoms with Crippen molar-refractivity contribution in [2.75, 3.05) is 11.8 Å². The minimum atomic E-state index is -3.97. The van der Waals surface area contributed by atoms with E-state index in [1.54, 1.807) is 0 Å². The number of rotatable bonds is 8. The molecule has 1 aliphatic rings. The molecule has 3 N–H and O–H groups in total. The topological polar surface area (TPSA) is 139 Å². The third-order valence-corrected chi connectivity index (χ3v) is 8.39.